The molecule has 182 valence electrons. The molecule has 4 aromatic rings. The van der Waals surface area contributed by atoms with Crippen molar-refractivity contribution in [3.63, 3.8) is 0 Å². The summed E-state index contributed by atoms with van der Waals surface area (Å²) in [6.07, 6.45) is 5.96. The van der Waals surface area contributed by atoms with Crippen molar-refractivity contribution in [1.82, 2.24) is 24.3 Å². The molecule has 0 spiro atoms. The fraction of sp³-hybridized carbons (Fsp3) is 0.385. The first kappa shape index (κ1) is 23.0. The Kier molecular flexibility index (Phi) is 5.57. The minimum Gasteiger partial charge on any atom is -0.444 e. The Morgan fingerprint density at radius 2 is 2.00 bits per heavy atom. The zero-order valence-corrected chi connectivity index (χ0v) is 20.6. The molecule has 5 rings (SSSR count). The lowest BCUT2D eigenvalue weighted by Crippen LogP contribution is -2.42. The molecule has 1 unspecified atom stereocenters. The van der Waals surface area contributed by atoms with Crippen molar-refractivity contribution >= 4 is 28.5 Å². The van der Waals surface area contributed by atoms with E-state index in [4.69, 9.17) is 4.74 Å². The normalized spacial score (nSPS) is 16.3. The Hall–Kier alpha value is -3.75. The van der Waals surface area contributed by atoms with Crippen LogP contribution in [0.4, 0.5) is 14.9 Å². The highest BCUT2D eigenvalue weighted by Gasteiger charge is 2.31. The minimum absolute atomic E-state index is 0.0673. The second-order valence-electron chi connectivity index (χ2n) is 10.1. The summed E-state index contributed by atoms with van der Waals surface area (Å²) >= 11 is 0. The van der Waals surface area contributed by atoms with Crippen LogP contribution in [0.15, 0.2) is 42.9 Å². The van der Waals surface area contributed by atoms with Crippen molar-refractivity contribution in [2.24, 2.45) is 0 Å². The number of pyridine rings is 3. The van der Waals surface area contributed by atoms with Gasteiger partial charge in [-0.3, -0.25) is 0 Å². The molecule has 1 saturated heterocycles. The highest BCUT2D eigenvalue weighted by atomic mass is 19.1. The van der Waals surface area contributed by atoms with Crippen LogP contribution < -0.4 is 4.90 Å². The molecule has 9 heteroatoms. The van der Waals surface area contributed by atoms with Gasteiger partial charge >= 0.3 is 6.09 Å². The number of imidazole rings is 1. The van der Waals surface area contributed by atoms with Crippen LogP contribution in [0.2, 0.25) is 0 Å². The number of likely N-dealkylation sites (N-methyl/N-ethyl adjacent to an activating group) is 1. The first-order chi connectivity index (χ1) is 16.6. The van der Waals surface area contributed by atoms with E-state index < -0.39 is 5.60 Å². The number of fused-ring (bicyclic) bond motifs is 2. The zero-order chi connectivity index (χ0) is 24.9. The summed E-state index contributed by atoms with van der Waals surface area (Å²) in [5.41, 5.74) is 3.41. The highest BCUT2D eigenvalue weighted by Crippen LogP contribution is 2.28. The number of ether oxygens (including phenoxy) is 1. The van der Waals surface area contributed by atoms with Crippen LogP contribution in [0.3, 0.4) is 0 Å². The Morgan fingerprint density at radius 1 is 1.20 bits per heavy atom. The van der Waals surface area contributed by atoms with Crippen molar-refractivity contribution in [2.75, 3.05) is 25.0 Å². The van der Waals surface area contributed by atoms with Crippen molar-refractivity contribution in [3.05, 3.63) is 54.4 Å². The average molecular weight is 477 g/mol. The molecular formula is C26H29FN6O2. The quantitative estimate of drug-likeness (QED) is 0.421. The van der Waals surface area contributed by atoms with Gasteiger partial charge in [-0.05, 0) is 58.4 Å². The monoisotopic (exact) mass is 476 g/mol. The van der Waals surface area contributed by atoms with Crippen LogP contribution in [-0.2, 0) is 4.74 Å². The summed E-state index contributed by atoms with van der Waals surface area (Å²) < 4.78 is 21.7. The molecule has 0 N–H and O–H groups in total. The van der Waals surface area contributed by atoms with E-state index in [1.807, 2.05) is 46.0 Å². The Bertz CT molecular complexity index is 1430. The van der Waals surface area contributed by atoms with E-state index in [0.717, 1.165) is 29.7 Å². The molecular weight excluding hydrogens is 447 g/mol. The zero-order valence-electron chi connectivity index (χ0n) is 20.6. The fourth-order valence-electron chi connectivity index (χ4n) is 4.43. The summed E-state index contributed by atoms with van der Waals surface area (Å²) in [7, 11) is 1.79. The lowest BCUT2D eigenvalue weighted by Gasteiger charge is -2.28. The molecule has 1 fully saturated rings. The first-order valence-electron chi connectivity index (χ1n) is 11.7. The van der Waals surface area contributed by atoms with Crippen LogP contribution in [0.1, 0.15) is 32.9 Å². The molecule has 35 heavy (non-hydrogen) atoms. The van der Waals surface area contributed by atoms with Gasteiger partial charge in [0.25, 0.3) is 0 Å². The largest absolute Gasteiger partial charge is 0.444 e. The third-order valence-electron chi connectivity index (χ3n) is 6.21. The van der Waals surface area contributed by atoms with E-state index in [1.165, 1.54) is 6.07 Å². The van der Waals surface area contributed by atoms with Gasteiger partial charge in [-0.2, -0.15) is 0 Å². The Morgan fingerprint density at radius 3 is 2.77 bits per heavy atom. The number of hydrogen-bond acceptors (Lipinski definition) is 6. The number of carbonyl (C=O) groups excluding carboxylic acids is 1. The Labute approximate surface area is 203 Å². The number of aromatic nitrogens is 4. The lowest BCUT2D eigenvalue weighted by atomic mass is 10.1. The lowest BCUT2D eigenvalue weighted by molar-refractivity contribution is 0.0238. The SMILES string of the molecule is Cc1cn2cc(-c3ccc4cc(N5CCC(N(C)C(=O)OC(C)(C)C)C5)cnc4n3)cc(F)c2n1. The molecule has 0 saturated carbocycles. The van der Waals surface area contributed by atoms with Crippen LogP contribution in [-0.4, -0.2) is 62.1 Å². The predicted molar refractivity (Wildman–Crippen MR) is 133 cm³/mol. The van der Waals surface area contributed by atoms with Crippen molar-refractivity contribution in [2.45, 2.75) is 45.8 Å². The van der Waals surface area contributed by atoms with Crippen LogP contribution >= 0.6 is 0 Å². The molecule has 0 aliphatic carbocycles. The van der Waals surface area contributed by atoms with Crippen molar-refractivity contribution in [1.29, 1.82) is 0 Å². The van der Waals surface area contributed by atoms with Gasteiger partial charge < -0.3 is 18.9 Å². The third-order valence-corrected chi connectivity index (χ3v) is 6.21. The Balaban J connectivity index is 1.35. The molecule has 0 radical (unpaired) electrons. The van der Waals surface area contributed by atoms with E-state index in [2.05, 4.69) is 25.9 Å². The van der Waals surface area contributed by atoms with Gasteiger partial charge in [0.15, 0.2) is 17.1 Å². The summed E-state index contributed by atoms with van der Waals surface area (Å²) in [5.74, 6) is -0.388. The number of amides is 1. The fourth-order valence-corrected chi connectivity index (χ4v) is 4.43. The molecule has 4 aromatic heterocycles. The predicted octanol–water partition coefficient (Wildman–Crippen LogP) is 4.84. The average Bonchev–Trinajstić information content (AvgIpc) is 3.43. The van der Waals surface area contributed by atoms with Crippen molar-refractivity contribution < 1.29 is 13.9 Å². The molecule has 1 aliphatic rings. The van der Waals surface area contributed by atoms with Gasteiger partial charge in [-0.1, -0.05) is 0 Å². The highest BCUT2D eigenvalue weighted by molar-refractivity contribution is 5.81. The maximum Gasteiger partial charge on any atom is 0.410 e. The molecule has 8 nitrogen and oxygen atoms in total. The molecule has 0 aromatic carbocycles. The molecule has 0 bridgehead atoms. The van der Waals surface area contributed by atoms with Gasteiger partial charge in [0.1, 0.15) is 5.60 Å². The third kappa shape index (κ3) is 4.62. The standard InChI is InChI=1S/C26H29FN6O2/c1-16-13-33-14-18(11-21(27)24(33)29-16)22-7-6-17-10-20(12-28-23(17)30-22)32-9-8-19(15-32)31(5)25(34)35-26(2,3)4/h6-7,10-14,19H,8-9,15H2,1-5H3. The topological polar surface area (TPSA) is 75.9 Å². The van der Waals surface area contributed by atoms with Gasteiger partial charge in [0, 0.05) is 43.5 Å². The number of carbonyl (C=O) groups is 1. The van der Waals surface area contributed by atoms with Crippen LogP contribution in [0.25, 0.3) is 27.9 Å². The second kappa shape index (κ2) is 8.48. The number of hydrogen-bond donors (Lipinski definition) is 0. The molecule has 5 heterocycles. The smallest absolute Gasteiger partial charge is 0.410 e. The van der Waals surface area contributed by atoms with E-state index >= 15 is 0 Å². The van der Waals surface area contributed by atoms with Crippen LogP contribution in [0.5, 0.6) is 0 Å². The van der Waals surface area contributed by atoms with E-state index in [9.17, 15) is 9.18 Å². The number of halogens is 1. The number of aryl methyl sites for hydroxylation is 1. The van der Waals surface area contributed by atoms with Crippen molar-refractivity contribution in [3.8, 4) is 11.3 Å². The summed E-state index contributed by atoms with van der Waals surface area (Å²) in [6, 6.07) is 7.41. The second-order valence-corrected chi connectivity index (χ2v) is 10.1. The molecule has 1 amide bonds. The minimum atomic E-state index is -0.521. The van der Waals surface area contributed by atoms with Crippen LogP contribution in [0, 0.1) is 12.7 Å². The van der Waals surface area contributed by atoms with E-state index in [1.54, 1.807) is 28.7 Å². The molecule has 1 atom stereocenters. The first-order valence-corrected chi connectivity index (χ1v) is 11.7. The number of nitrogens with zero attached hydrogens (tertiary/aromatic N) is 6. The molecule has 1 aliphatic heterocycles. The van der Waals surface area contributed by atoms with E-state index in [0.29, 0.717) is 29.1 Å². The summed E-state index contributed by atoms with van der Waals surface area (Å²) in [6.45, 7) is 8.96. The van der Waals surface area contributed by atoms with Gasteiger partial charge in [0.05, 0.1) is 29.3 Å². The van der Waals surface area contributed by atoms with E-state index in [-0.39, 0.29) is 18.0 Å². The van der Waals surface area contributed by atoms with Gasteiger partial charge in [0.2, 0.25) is 0 Å². The summed E-state index contributed by atoms with van der Waals surface area (Å²) in [4.78, 5) is 29.8. The van der Waals surface area contributed by atoms with Gasteiger partial charge in [-0.15, -0.1) is 0 Å². The maximum atomic E-state index is 14.5. The summed E-state index contributed by atoms with van der Waals surface area (Å²) in [5, 5.41) is 0.898. The number of rotatable bonds is 3. The van der Waals surface area contributed by atoms with Gasteiger partial charge in [-0.25, -0.2) is 24.1 Å². The number of anilines is 1. The maximum absolute atomic E-state index is 14.5.